The van der Waals surface area contributed by atoms with Crippen LogP contribution >= 0.6 is 12.2 Å². The highest BCUT2D eigenvalue weighted by Gasteiger charge is 2.19. The molecule has 1 aromatic carbocycles. The number of nitrogens with zero attached hydrogens (tertiary/aromatic N) is 2. The van der Waals surface area contributed by atoms with Gasteiger partial charge < -0.3 is 10.6 Å². The number of hydrogen-bond acceptors (Lipinski definition) is 3. The highest BCUT2D eigenvalue weighted by molar-refractivity contribution is 7.80. The van der Waals surface area contributed by atoms with Gasteiger partial charge in [-0.1, -0.05) is 30.4 Å². The van der Waals surface area contributed by atoms with E-state index in [1.807, 2.05) is 32.0 Å². The fourth-order valence-electron chi connectivity index (χ4n) is 2.62. The van der Waals surface area contributed by atoms with Gasteiger partial charge in [-0.2, -0.15) is 0 Å². The molecule has 1 heterocycles. The van der Waals surface area contributed by atoms with E-state index in [-0.39, 0.29) is 0 Å². The molecule has 2 aromatic rings. The molecule has 0 aliphatic carbocycles. The number of aryl methyl sites for hydroxylation is 3. The van der Waals surface area contributed by atoms with E-state index >= 15 is 0 Å². The van der Waals surface area contributed by atoms with Crippen molar-refractivity contribution in [2.75, 3.05) is 11.4 Å². The smallest absolute Gasteiger partial charge is 0.143 e. The molecular formula is C17H21N3S. The van der Waals surface area contributed by atoms with E-state index < -0.39 is 0 Å². The van der Waals surface area contributed by atoms with Crippen molar-refractivity contribution in [2.45, 2.75) is 27.7 Å². The van der Waals surface area contributed by atoms with Gasteiger partial charge in [-0.05, 0) is 51.0 Å². The fourth-order valence-corrected chi connectivity index (χ4v) is 2.87. The van der Waals surface area contributed by atoms with E-state index in [9.17, 15) is 0 Å². The van der Waals surface area contributed by atoms with Crippen LogP contribution in [0.4, 0.5) is 11.5 Å². The first kappa shape index (κ1) is 15.4. The van der Waals surface area contributed by atoms with Crippen LogP contribution in [0.1, 0.15) is 29.3 Å². The van der Waals surface area contributed by atoms with E-state index in [0.717, 1.165) is 34.9 Å². The number of pyridine rings is 1. The number of rotatable bonds is 4. The molecule has 2 rings (SSSR count). The highest BCUT2D eigenvalue weighted by atomic mass is 32.1. The maximum Gasteiger partial charge on any atom is 0.143 e. The largest absolute Gasteiger partial charge is 0.389 e. The van der Waals surface area contributed by atoms with Crippen molar-refractivity contribution >= 4 is 28.7 Å². The minimum Gasteiger partial charge on any atom is -0.389 e. The summed E-state index contributed by atoms with van der Waals surface area (Å²) in [6.45, 7) is 9.02. The Hall–Kier alpha value is -1.94. The Bertz CT molecular complexity index is 680. The van der Waals surface area contributed by atoms with E-state index in [4.69, 9.17) is 22.9 Å². The fraction of sp³-hybridized carbons (Fsp3) is 0.294. The van der Waals surface area contributed by atoms with Gasteiger partial charge in [-0.15, -0.1) is 0 Å². The second-order valence-electron chi connectivity index (χ2n) is 5.17. The van der Waals surface area contributed by atoms with Gasteiger partial charge in [0.1, 0.15) is 10.8 Å². The van der Waals surface area contributed by atoms with Crippen LogP contribution in [0.3, 0.4) is 0 Å². The van der Waals surface area contributed by atoms with Crippen molar-refractivity contribution in [3.05, 3.63) is 52.7 Å². The van der Waals surface area contributed by atoms with E-state index in [1.165, 1.54) is 5.56 Å². The SMILES string of the molecule is CCN(c1ccccc1C)c1nc(C)cc(C)c1C(N)=S. The van der Waals surface area contributed by atoms with E-state index in [2.05, 4.69) is 30.9 Å². The second kappa shape index (κ2) is 6.22. The molecule has 0 atom stereocenters. The van der Waals surface area contributed by atoms with Gasteiger partial charge in [0, 0.05) is 17.9 Å². The number of anilines is 2. The molecular weight excluding hydrogens is 278 g/mol. The molecule has 0 aliphatic rings. The van der Waals surface area contributed by atoms with Crippen molar-refractivity contribution in [3.8, 4) is 0 Å². The number of benzene rings is 1. The summed E-state index contributed by atoms with van der Waals surface area (Å²) in [6.07, 6.45) is 0. The zero-order valence-corrected chi connectivity index (χ0v) is 13.8. The van der Waals surface area contributed by atoms with Crippen molar-refractivity contribution in [1.29, 1.82) is 0 Å². The Balaban J connectivity index is 2.68. The zero-order valence-electron chi connectivity index (χ0n) is 13.0. The monoisotopic (exact) mass is 299 g/mol. The quantitative estimate of drug-likeness (QED) is 0.872. The molecule has 0 saturated heterocycles. The highest BCUT2D eigenvalue weighted by Crippen LogP contribution is 2.31. The molecule has 0 bridgehead atoms. The van der Waals surface area contributed by atoms with Crippen LogP contribution in [0.15, 0.2) is 30.3 Å². The van der Waals surface area contributed by atoms with Crippen LogP contribution < -0.4 is 10.6 Å². The van der Waals surface area contributed by atoms with Crippen LogP contribution in [-0.4, -0.2) is 16.5 Å². The Morgan fingerprint density at radius 3 is 2.43 bits per heavy atom. The summed E-state index contributed by atoms with van der Waals surface area (Å²) in [4.78, 5) is 7.26. The molecule has 0 amide bonds. The van der Waals surface area contributed by atoms with Gasteiger partial charge >= 0.3 is 0 Å². The van der Waals surface area contributed by atoms with Gasteiger partial charge in [-0.3, -0.25) is 0 Å². The molecule has 3 nitrogen and oxygen atoms in total. The first-order chi connectivity index (χ1) is 9.95. The maximum atomic E-state index is 5.94. The molecule has 0 fully saturated rings. The van der Waals surface area contributed by atoms with Crippen LogP contribution in [0.2, 0.25) is 0 Å². The molecule has 1 aromatic heterocycles. The van der Waals surface area contributed by atoms with Crippen molar-refractivity contribution in [1.82, 2.24) is 4.98 Å². The Kier molecular flexibility index (Phi) is 4.58. The first-order valence-electron chi connectivity index (χ1n) is 7.07. The summed E-state index contributed by atoms with van der Waals surface area (Å²) in [5.74, 6) is 0.844. The van der Waals surface area contributed by atoms with Crippen LogP contribution in [0, 0.1) is 20.8 Å². The Morgan fingerprint density at radius 2 is 1.86 bits per heavy atom. The molecule has 0 aliphatic heterocycles. The molecule has 0 unspecified atom stereocenters. The number of aromatic nitrogens is 1. The lowest BCUT2D eigenvalue weighted by molar-refractivity contribution is 0.966. The summed E-state index contributed by atoms with van der Waals surface area (Å²) < 4.78 is 0. The predicted octanol–water partition coefficient (Wildman–Crippen LogP) is 3.80. The average Bonchev–Trinajstić information content (AvgIpc) is 2.40. The Labute approximate surface area is 131 Å². The van der Waals surface area contributed by atoms with Gasteiger partial charge in [0.25, 0.3) is 0 Å². The number of hydrogen-bond donors (Lipinski definition) is 1. The molecule has 21 heavy (non-hydrogen) atoms. The summed E-state index contributed by atoms with van der Waals surface area (Å²) in [5.41, 5.74) is 11.2. The Morgan fingerprint density at radius 1 is 1.19 bits per heavy atom. The lowest BCUT2D eigenvalue weighted by Crippen LogP contribution is -2.24. The lowest BCUT2D eigenvalue weighted by atomic mass is 10.1. The summed E-state index contributed by atoms with van der Waals surface area (Å²) in [7, 11) is 0. The van der Waals surface area contributed by atoms with Gasteiger partial charge in [-0.25, -0.2) is 4.98 Å². The molecule has 110 valence electrons. The van der Waals surface area contributed by atoms with Gasteiger partial charge in [0.2, 0.25) is 0 Å². The van der Waals surface area contributed by atoms with Gasteiger partial charge in [0.05, 0.1) is 5.56 Å². The molecule has 2 N–H and O–H groups in total. The second-order valence-corrected chi connectivity index (χ2v) is 5.61. The number of para-hydroxylation sites is 1. The third-order valence-corrected chi connectivity index (χ3v) is 3.75. The first-order valence-corrected chi connectivity index (χ1v) is 7.47. The topological polar surface area (TPSA) is 42.2 Å². The van der Waals surface area contributed by atoms with E-state index in [0.29, 0.717) is 4.99 Å². The maximum absolute atomic E-state index is 5.94. The predicted molar refractivity (Wildman–Crippen MR) is 93.5 cm³/mol. The third-order valence-electron chi connectivity index (χ3n) is 3.55. The number of nitrogens with two attached hydrogens (primary N) is 1. The number of thiocarbonyl (C=S) groups is 1. The van der Waals surface area contributed by atoms with Gasteiger partial charge in [0.15, 0.2) is 0 Å². The molecule has 0 spiro atoms. The average molecular weight is 299 g/mol. The summed E-state index contributed by atoms with van der Waals surface area (Å²) in [6, 6.07) is 10.3. The standard InChI is InChI=1S/C17H21N3S/c1-5-20(14-9-7-6-8-11(14)2)17-15(16(18)21)12(3)10-13(4)19-17/h6-10H,5H2,1-4H3,(H2,18,21). The molecule has 0 saturated carbocycles. The van der Waals surface area contributed by atoms with E-state index in [1.54, 1.807) is 0 Å². The normalized spacial score (nSPS) is 10.5. The van der Waals surface area contributed by atoms with Crippen molar-refractivity contribution < 1.29 is 0 Å². The minimum absolute atomic E-state index is 0.391. The third kappa shape index (κ3) is 3.05. The van der Waals surface area contributed by atoms with Crippen LogP contribution in [0.25, 0.3) is 0 Å². The van der Waals surface area contributed by atoms with Crippen LogP contribution in [-0.2, 0) is 0 Å². The van der Waals surface area contributed by atoms with Crippen molar-refractivity contribution in [2.24, 2.45) is 5.73 Å². The molecule has 0 radical (unpaired) electrons. The minimum atomic E-state index is 0.391. The lowest BCUT2D eigenvalue weighted by Gasteiger charge is -2.27. The summed E-state index contributed by atoms with van der Waals surface area (Å²) in [5, 5.41) is 0. The molecule has 4 heteroatoms. The zero-order chi connectivity index (χ0) is 15.6. The van der Waals surface area contributed by atoms with Crippen molar-refractivity contribution in [3.63, 3.8) is 0 Å². The van der Waals surface area contributed by atoms with Crippen LogP contribution in [0.5, 0.6) is 0 Å². The summed E-state index contributed by atoms with van der Waals surface area (Å²) >= 11 is 5.24.